The predicted molar refractivity (Wildman–Crippen MR) is 78.4 cm³/mol. The van der Waals surface area contributed by atoms with Crippen LogP contribution in [0.5, 0.6) is 0 Å². The van der Waals surface area contributed by atoms with Crippen molar-refractivity contribution in [2.45, 2.75) is 19.8 Å². The molecule has 116 valence electrons. The minimum atomic E-state index is -0.826. The highest BCUT2D eigenvalue weighted by molar-refractivity contribution is 6.05. The molecule has 8 heteroatoms. The molecule has 4 amide bonds. The number of anilines is 2. The maximum atomic E-state index is 11.8. The van der Waals surface area contributed by atoms with Crippen LogP contribution in [0.3, 0.4) is 0 Å². The lowest BCUT2D eigenvalue weighted by Gasteiger charge is -2.08. The molecule has 0 atom stereocenters. The summed E-state index contributed by atoms with van der Waals surface area (Å²) in [6, 6.07) is 6.63. The Morgan fingerprint density at radius 3 is 2.00 bits per heavy atom. The van der Waals surface area contributed by atoms with Crippen molar-refractivity contribution in [3.05, 3.63) is 24.3 Å². The zero-order chi connectivity index (χ0) is 16.1. The molecule has 1 aliphatic rings. The Bertz CT molecular complexity index is 596. The highest BCUT2D eigenvalue weighted by atomic mass is 16.2. The van der Waals surface area contributed by atoms with Crippen molar-refractivity contribution in [3.8, 4) is 0 Å². The van der Waals surface area contributed by atoms with Gasteiger partial charge in [0.15, 0.2) is 0 Å². The Labute approximate surface area is 126 Å². The van der Waals surface area contributed by atoms with Crippen LogP contribution in [0.4, 0.5) is 11.4 Å². The van der Waals surface area contributed by atoms with Gasteiger partial charge in [0, 0.05) is 24.7 Å². The van der Waals surface area contributed by atoms with E-state index in [0.29, 0.717) is 11.4 Å². The van der Waals surface area contributed by atoms with E-state index in [1.54, 1.807) is 24.3 Å². The summed E-state index contributed by atoms with van der Waals surface area (Å²) in [4.78, 5) is 45.3. The summed E-state index contributed by atoms with van der Waals surface area (Å²) in [7, 11) is 0. The molecule has 0 unspecified atom stereocenters. The fourth-order valence-corrected chi connectivity index (χ4v) is 2.02. The average molecular weight is 304 g/mol. The van der Waals surface area contributed by atoms with Crippen molar-refractivity contribution in [2.75, 3.05) is 10.6 Å². The fourth-order valence-electron chi connectivity index (χ4n) is 2.02. The van der Waals surface area contributed by atoms with E-state index in [0.717, 1.165) is 0 Å². The molecule has 1 saturated heterocycles. The number of hydrogen-bond acceptors (Lipinski definition) is 4. The number of amides is 4. The van der Waals surface area contributed by atoms with Gasteiger partial charge in [-0.1, -0.05) is 0 Å². The monoisotopic (exact) mass is 304 g/mol. The van der Waals surface area contributed by atoms with Gasteiger partial charge in [-0.2, -0.15) is 0 Å². The van der Waals surface area contributed by atoms with Crippen molar-refractivity contribution >= 4 is 35.0 Å². The molecule has 0 bridgehead atoms. The summed E-state index contributed by atoms with van der Waals surface area (Å²) >= 11 is 0. The summed E-state index contributed by atoms with van der Waals surface area (Å²) in [5.74, 6) is -2.13. The van der Waals surface area contributed by atoms with Crippen LogP contribution in [0.1, 0.15) is 19.8 Å². The number of carbonyl (C=O) groups excluding carboxylic acids is 4. The van der Waals surface area contributed by atoms with Crippen LogP contribution in [0.2, 0.25) is 0 Å². The maximum Gasteiger partial charge on any atom is 0.251 e. The minimum absolute atomic E-state index is 0.0545. The first kappa shape index (κ1) is 15.5. The molecule has 1 fully saturated rings. The fraction of sp³-hybridized carbons (Fsp3) is 0.286. The highest BCUT2D eigenvalue weighted by Gasteiger charge is 2.32. The molecule has 4 N–H and O–H groups in total. The maximum absolute atomic E-state index is 11.8. The second-order valence-corrected chi connectivity index (χ2v) is 4.88. The summed E-state index contributed by atoms with van der Waals surface area (Å²) in [6.45, 7) is 1.41. The second kappa shape index (κ2) is 6.70. The van der Waals surface area contributed by atoms with E-state index in [1.165, 1.54) is 6.92 Å². The van der Waals surface area contributed by atoms with Crippen LogP contribution >= 0.6 is 0 Å². The number of carbonyl (C=O) groups is 4. The van der Waals surface area contributed by atoms with Crippen LogP contribution in [0, 0.1) is 5.92 Å². The molecule has 2 rings (SSSR count). The normalized spacial score (nSPS) is 14.2. The summed E-state index contributed by atoms with van der Waals surface area (Å²) < 4.78 is 0. The SMILES string of the molecule is CC(=O)Nc1ccc(NC(=O)CCC2C(=O)NNC2=O)cc1. The third-order valence-electron chi connectivity index (χ3n) is 3.09. The zero-order valence-electron chi connectivity index (χ0n) is 11.9. The molecule has 22 heavy (non-hydrogen) atoms. The van der Waals surface area contributed by atoms with Crippen molar-refractivity contribution in [1.29, 1.82) is 0 Å². The Kier molecular flexibility index (Phi) is 4.72. The van der Waals surface area contributed by atoms with Gasteiger partial charge in [-0.3, -0.25) is 30.0 Å². The molecule has 1 aromatic carbocycles. The third-order valence-corrected chi connectivity index (χ3v) is 3.09. The molecule has 8 nitrogen and oxygen atoms in total. The molecule has 1 aromatic rings. The van der Waals surface area contributed by atoms with Gasteiger partial charge in [0.1, 0.15) is 5.92 Å². The standard InChI is InChI=1S/C14H16N4O4/c1-8(19)15-9-2-4-10(5-3-9)16-12(20)7-6-11-13(21)17-18-14(11)22/h2-5,11H,6-7H2,1H3,(H,15,19)(H,16,20)(H,17,21)(H,18,22). The van der Waals surface area contributed by atoms with Gasteiger partial charge in [-0.05, 0) is 30.7 Å². The van der Waals surface area contributed by atoms with Crippen molar-refractivity contribution in [2.24, 2.45) is 5.92 Å². The van der Waals surface area contributed by atoms with Crippen LogP contribution in [-0.4, -0.2) is 23.6 Å². The van der Waals surface area contributed by atoms with Crippen LogP contribution < -0.4 is 21.5 Å². The minimum Gasteiger partial charge on any atom is -0.326 e. The smallest absolute Gasteiger partial charge is 0.251 e. The van der Waals surface area contributed by atoms with Gasteiger partial charge in [0.25, 0.3) is 11.8 Å². The van der Waals surface area contributed by atoms with Crippen molar-refractivity contribution in [1.82, 2.24) is 10.9 Å². The van der Waals surface area contributed by atoms with E-state index >= 15 is 0 Å². The predicted octanol–water partition coefficient (Wildman–Crippen LogP) is 0.141. The first-order chi connectivity index (χ1) is 10.5. The largest absolute Gasteiger partial charge is 0.326 e. The van der Waals surface area contributed by atoms with Gasteiger partial charge in [0.2, 0.25) is 11.8 Å². The number of rotatable bonds is 5. The Balaban J connectivity index is 1.83. The second-order valence-electron chi connectivity index (χ2n) is 4.88. The van der Waals surface area contributed by atoms with E-state index in [4.69, 9.17) is 0 Å². The Morgan fingerprint density at radius 2 is 1.50 bits per heavy atom. The van der Waals surface area contributed by atoms with Crippen molar-refractivity contribution in [3.63, 3.8) is 0 Å². The van der Waals surface area contributed by atoms with E-state index < -0.39 is 17.7 Å². The van der Waals surface area contributed by atoms with Crippen molar-refractivity contribution < 1.29 is 19.2 Å². The van der Waals surface area contributed by atoms with E-state index in [-0.39, 0.29) is 24.7 Å². The van der Waals surface area contributed by atoms with Crippen LogP contribution in [0.25, 0.3) is 0 Å². The summed E-state index contributed by atoms with van der Waals surface area (Å²) in [5.41, 5.74) is 5.62. The van der Waals surface area contributed by atoms with Gasteiger partial charge in [0.05, 0.1) is 0 Å². The average Bonchev–Trinajstić information content (AvgIpc) is 2.77. The topological polar surface area (TPSA) is 116 Å². The highest BCUT2D eigenvalue weighted by Crippen LogP contribution is 2.15. The van der Waals surface area contributed by atoms with E-state index in [9.17, 15) is 19.2 Å². The lowest BCUT2D eigenvalue weighted by atomic mass is 10.0. The molecule has 0 saturated carbocycles. The van der Waals surface area contributed by atoms with Crippen LogP contribution in [-0.2, 0) is 19.2 Å². The molecule has 0 radical (unpaired) electrons. The first-order valence-electron chi connectivity index (χ1n) is 6.73. The lowest BCUT2D eigenvalue weighted by molar-refractivity contribution is -0.128. The number of benzene rings is 1. The van der Waals surface area contributed by atoms with Gasteiger partial charge < -0.3 is 10.6 Å². The summed E-state index contributed by atoms with van der Waals surface area (Å²) in [5, 5.41) is 5.28. The quantitative estimate of drug-likeness (QED) is 0.579. The van der Waals surface area contributed by atoms with Gasteiger partial charge in [-0.25, -0.2) is 0 Å². The summed E-state index contributed by atoms with van der Waals surface area (Å²) in [6.07, 6.45) is 0.201. The van der Waals surface area contributed by atoms with Gasteiger partial charge >= 0.3 is 0 Å². The Morgan fingerprint density at radius 1 is 1.00 bits per heavy atom. The molecule has 1 heterocycles. The van der Waals surface area contributed by atoms with E-state index in [1.807, 2.05) is 0 Å². The molecule has 0 aliphatic carbocycles. The van der Waals surface area contributed by atoms with E-state index in [2.05, 4.69) is 21.5 Å². The number of hydrogen-bond donors (Lipinski definition) is 4. The molecule has 0 spiro atoms. The molecular weight excluding hydrogens is 288 g/mol. The first-order valence-corrected chi connectivity index (χ1v) is 6.73. The number of nitrogens with one attached hydrogen (secondary N) is 4. The van der Waals surface area contributed by atoms with Gasteiger partial charge in [-0.15, -0.1) is 0 Å². The van der Waals surface area contributed by atoms with Crippen LogP contribution in [0.15, 0.2) is 24.3 Å². The molecule has 0 aromatic heterocycles. The Hall–Kier alpha value is -2.90. The third kappa shape index (κ3) is 4.05. The molecular formula is C14H16N4O4. The lowest BCUT2D eigenvalue weighted by Crippen LogP contribution is -2.28. The number of hydrazine groups is 1. The zero-order valence-corrected chi connectivity index (χ0v) is 11.9. The molecule has 1 aliphatic heterocycles.